The van der Waals surface area contributed by atoms with Gasteiger partial charge in [0.15, 0.2) is 0 Å². The van der Waals surface area contributed by atoms with Crippen LogP contribution in [0.1, 0.15) is 30.0 Å². The van der Waals surface area contributed by atoms with E-state index in [-0.39, 0.29) is 18.2 Å². The monoisotopic (exact) mass is 461 g/mol. The normalized spacial score (nSPS) is 15.8. The van der Waals surface area contributed by atoms with Crippen molar-refractivity contribution in [3.8, 4) is 17.1 Å². The second-order valence-electron chi connectivity index (χ2n) is 8.43. The predicted molar refractivity (Wildman–Crippen MR) is 126 cm³/mol. The molecular weight excluding hydrogens is 432 g/mol. The van der Waals surface area contributed by atoms with Crippen molar-refractivity contribution in [2.45, 2.75) is 25.4 Å². The molecule has 9 heteroatoms. The average Bonchev–Trinajstić information content (AvgIpc) is 3.30. The standard InChI is InChI=1S/C25H30N6O3/c1-2-12-29-14-16-30(17-15-29)24(21-5-3-6-22(32)18-21)19-8-10-20(11-9-19)25-26-28-31(27-25)13-4-7-23(33)34/h2-3,5-6,8-11,18,24,32H,1,4,7,12-17H2,(H,33,34)/p-1. The number of aromatic hydroxyl groups is 1. The zero-order valence-electron chi connectivity index (χ0n) is 19.1. The fourth-order valence-electron chi connectivity index (χ4n) is 4.33. The van der Waals surface area contributed by atoms with E-state index in [1.807, 2.05) is 36.4 Å². The molecule has 1 aliphatic heterocycles. The number of aryl methyl sites for hydroxylation is 1. The van der Waals surface area contributed by atoms with Crippen LogP contribution in [0.15, 0.2) is 61.2 Å². The van der Waals surface area contributed by atoms with Gasteiger partial charge in [0.05, 0.1) is 12.6 Å². The molecule has 3 aromatic rings. The first-order chi connectivity index (χ1) is 16.5. The number of benzene rings is 2. The summed E-state index contributed by atoms with van der Waals surface area (Å²) in [5.41, 5.74) is 3.00. The number of hydrogen-bond donors (Lipinski definition) is 1. The lowest BCUT2D eigenvalue weighted by Crippen LogP contribution is -2.47. The second-order valence-corrected chi connectivity index (χ2v) is 8.43. The summed E-state index contributed by atoms with van der Waals surface area (Å²) in [6.07, 6.45) is 2.29. The Morgan fingerprint density at radius 3 is 2.56 bits per heavy atom. The van der Waals surface area contributed by atoms with Crippen molar-refractivity contribution in [2.75, 3.05) is 32.7 Å². The molecule has 1 unspecified atom stereocenters. The zero-order valence-corrected chi connectivity index (χ0v) is 19.1. The molecule has 1 aliphatic rings. The largest absolute Gasteiger partial charge is 0.550 e. The Hall–Kier alpha value is -3.56. The topological polar surface area (TPSA) is 110 Å². The molecule has 1 fully saturated rings. The molecule has 0 saturated carbocycles. The summed E-state index contributed by atoms with van der Waals surface area (Å²) in [5, 5.41) is 33.2. The van der Waals surface area contributed by atoms with Crippen molar-refractivity contribution >= 4 is 5.97 Å². The molecule has 0 aliphatic carbocycles. The summed E-state index contributed by atoms with van der Waals surface area (Å²) >= 11 is 0. The first-order valence-electron chi connectivity index (χ1n) is 11.5. The smallest absolute Gasteiger partial charge is 0.204 e. The molecular formula is C25H29N6O3-. The van der Waals surface area contributed by atoms with Crippen LogP contribution in [-0.4, -0.2) is 73.8 Å². The van der Waals surface area contributed by atoms with Crippen LogP contribution in [0.2, 0.25) is 0 Å². The Balaban J connectivity index is 1.53. The van der Waals surface area contributed by atoms with E-state index < -0.39 is 5.97 Å². The number of nitrogens with zero attached hydrogens (tertiary/aromatic N) is 6. The second kappa shape index (κ2) is 11.0. The number of tetrazole rings is 1. The minimum Gasteiger partial charge on any atom is -0.550 e. The molecule has 9 nitrogen and oxygen atoms in total. The van der Waals surface area contributed by atoms with Crippen LogP contribution in [0, 0.1) is 0 Å². The van der Waals surface area contributed by atoms with Gasteiger partial charge in [0.25, 0.3) is 0 Å². The van der Waals surface area contributed by atoms with E-state index >= 15 is 0 Å². The van der Waals surface area contributed by atoms with Crippen molar-refractivity contribution < 1.29 is 15.0 Å². The number of piperazine rings is 1. The molecule has 178 valence electrons. The quantitative estimate of drug-likeness (QED) is 0.452. The van der Waals surface area contributed by atoms with Gasteiger partial charge in [-0.1, -0.05) is 42.5 Å². The summed E-state index contributed by atoms with van der Waals surface area (Å²) in [6.45, 7) is 8.86. The van der Waals surface area contributed by atoms with E-state index in [1.165, 1.54) is 4.80 Å². The van der Waals surface area contributed by atoms with Crippen molar-refractivity contribution in [3.63, 3.8) is 0 Å². The number of aromatic nitrogens is 4. The SMILES string of the molecule is C=CCN1CCN(C(c2ccc(-c3nnn(CCCC(=O)[O-])n3)cc2)c2cccc(O)c2)CC1. The van der Waals surface area contributed by atoms with E-state index in [9.17, 15) is 15.0 Å². The van der Waals surface area contributed by atoms with Crippen LogP contribution in [0.4, 0.5) is 0 Å². The van der Waals surface area contributed by atoms with E-state index in [1.54, 1.807) is 6.07 Å². The van der Waals surface area contributed by atoms with Crippen LogP contribution < -0.4 is 5.11 Å². The highest BCUT2D eigenvalue weighted by molar-refractivity contribution is 5.64. The Morgan fingerprint density at radius 1 is 1.12 bits per heavy atom. The number of carboxylic acid groups (broad SMARTS) is 1. The molecule has 0 bridgehead atoms. The van der Waals surface area contributed by atoms with E-state index in [0.717, 1.165) is 49.4 Å². The molecule has 0 amide bonds. The maximum atomic E-state index is 10.6. The van der Waals surface area contributed by atoms with Crippen LogP contribution in [0.25, 0.3) is 11.4 Å². The number of carboxylic acids is 1. The molecule has 0 radical (unpaired) electrons. The predicted octanol–water partition coefficient (Wildman–Crippen LogP) is 1.47. The van der Waals surface area contributed by atoms with Crippen molar-refractivity contribution in [2.24, 2.45) is 0 Å². The van der Waals surface area contributed by atoms with Gasteiger partial charge in [-0.25, -0.2) is 0 Å². The van der Waals surface area contributed by atoms with E-state index in [0.29, 0.717) is 18.8 Å². The summed E-state index contributed by atoms with van der Waals surface area (Å²) < 4.78 is 0. The van der Waals surface area contributed by atoms with Crippen molar-refractivity contribution in [3.05, 3.63) is 72.3 Å². The van der Waals surface area contributed by atoms with Gasteiger partial charge < -0.3 is 15.0 Å². The molecule has 2 aromatic carbocycles. The van der Waals surface area contributed by atoms with Crippen LogP contribution in [0.5, 0.6) is 5.75 Å². The molecule has 1 aromatic heterocycles. The van der Waals surface area contributed by atoms with Crippen LogP contribution in [0.3, 0.4) is 0 Å². The van der Waals surface area contributed by atoms with E-state index in [2.05, 4.69) is 43.9 Å². The number of hydrogen-bond acceptors (Lipinski definition) is 8. The summed E-state index contributed by atoms with van der Waals surface area (Å²) in [6, 6.07) is 15.5. The zero-order chi connectivity index (χ0) is 23.9. The number of carbonyl (C=O) groups is 1. The Labute approximate surface area is 198 Å². The summed E-state index contributed by atoms with van der Waals surface area (Å²) in [4.78, 5) is 16.8. The van der Waals surface area contributed by atoms with Crippen molar-refractivity contribution in [1.29, 1.82) is 0 Å². The molecule has 1 N–H and O–H groups in total. The van der Waals surface area contributed by atoms with Crippen molar-refractivity contribution in [1.82, 2.24) is 30.0 Å². The van der Waals surface area contributed by atoms with Crippen LogP contribution in [-0.2, 0) is 11.3 Å². The molecule has 34 heavy (non-hydrogen) atoms. The third kappa shape index (κ3) is 5.86. The van der Waals surface area contributed by atoms with Gasteiger partial charge in [0, 0.05) is 44.3 Å². The first-order valence-corrected chi connectivity index (χ1v) is 11.5. The highest BCUT2D eigenvalue weighted by atomic mass is 16.4. The minimum atomic E-state index is -1.08. The summed E-state index contributed by atoms with van der Waals surface area (Å²) in [7, 11) is 0. The average molecular weight is 462 g/mol. The molecule has 2 heterocycles. The Bertz CT molecular complexity index is 1110. The lowest BCUT2D eigenvalue weighted by Gasteiger charge is -2.39. The maximum absolute atomic E-state index is 10.6. The van der Waals surface area contributed by atoms with Gasteiger partial charge in [-0.15, -0.1) is 16.8 Å². The molecule has 1 saturated heterocycles. The number of carbonyl (C=O) groups excluding carboxylic acids is 1. The third-order valence-electron chi connectivity index (χ3n) is 6.02. The summed E-state index contributed by atoms with van der Waals surface area (Å²) in [5.74, 6) is -0.338. The van der Waals surface area contributed by atoms with Gasteiger partial charge in [-0.2, -0.15) is 4.80 Å². The van der Waals surface area contributed by atoms with Gasteiger partial charge >= 0.3 is 0 Å². The van der Waals surface area contributed by atoms with Gasteiger partial charge in [-0.3, -0.25) is 9.80 Å². The third-order valence-corrected chi connectivity index (χ3v) is 6.02. The van der Waals surface area contributed by atoms with E-state index in [4.69, 9.17) is 0 Å². The fraction of sp³-hybridized carbons (Fsp3) is 0.360. The maximum Gasteiger partial charge on any atom is 0.204 e. The number of phenolic OH excluding ortho intramolecular Hbond substituents is 1. The Kier molecular flexibility index (Phi) is 7.66. The number of aliphatic carboxylic acids is 1. The Morgan fingerprint density at radius 2 is 1.88 bits per heavy atom. The molecule has 1 atom stereocenters. The number of phenols is 1. The molecule has 4 rings (SSSR count). The highest BCUT2D eigenvalue weighted by Crippen LogP contribution is 2.32. The fourth-order valence-corrected chi connectivity index (χ4v) is 4.33. The minimum absolute atomic E-state index is 0.0142. The lowest BCUT2D eigenvalue weighted by atomic mass is 9.95. The first kappa shape index (κ1) is 23.6. The van der Waals surface area contributed by atoms with Gasteiger partial charge in [0.1, 0.15) is 5.75 Å². The van der Waals surface area contributed by atoms with Crippen LogP contribution >= 0.6 is 0 Å². The van der Waals surface area contributed by atoms with Gasteiger partial charge in [-0.05, 0) is 41.3 Å². The molecule has 0 spiro atoms. The number of rotatable bonds is 10. The lowest BCUT2D eigenvalue weighted by molar-refractivity contribution is -0.305. The highest BCUT2D eigenvalue weighted by Gasteiger charge is 2.26. The van der Waals surface area contributed by atoms with Gasteiger partial charge in [0.2, 0.25) is 5.82 Å².